The molecule has 0 saturated carbocycles. The van der Waals surface area contributed by atoms with E-state index in [1.807, 2.05) is 13.8 Å². The van der Waals surface area contributed by atoms with E-state index in [9.17, 15) is 0 Å². The van der Waals surface area contributed by atoms with Crippen LogP contribution < -0.4 is 11.1 Å². The second-order valence-corrected chi connectivity index (χ2v) is 11.5. The van der Waals surface area contributed by atoms with Crippen molar-refractivity contribution in [2.45, 2.75) is 181 Å². The highest BCUT2D eigenvalue weighted by molar-refractivity contribution is 5.44. The highest BCUT2D eigenvalue weighted by Gasteiger charge is 2.09. The molecule has 0 bridgehead atoms. The van der Waals surface area contributed by atoms with Gasteiger partial charge in [-0.1, -0.05) is 95.9 Å². The Bertz CT molecular complexity index is 360. The van der Waals surface area contributed by atoms with Crippen LogP contribution in [0.5, 0.6) is 0 Å². The third-order valence-electron chi connectivity index (χ3n) is 4.77. The van der Waals surface area contributed by atoms with Gasteiger partial charge in [-0.3, -0.25) is 4.90 Å². The monoisotopic (exact) mass is 535 g/mol. The predicted molar refractivity (Wildman–Crippen MR) is 175 cm³/mol. The number of carbonyl (C=O) groups excluding carboxylic acids is 1. The standard InChI is InChI=1S/C8H19N.C7H17N.C6H15N.C6H14.C3H9N.C2H4O/c1-6-9(7(2)3)8(4)5;1-5-8(6-2)7(3)4;1-5(2)7-6(3)4;1-4-5-6(2)3;1-3(2)4;1-2-3/h7-8H,6H2,1-5H3;7H,5-6H2,1-4H3;5-7H,1-4H3;6H,4-5H2,1-3H3;3H,4H2,1-2H3;2H,1H3. The fraction of sp³-hybridized carbons (Fsp3) is 0.969. The van der Waals surface area contributed by atoms with Gasteiger partial charge in [-0.25, -0.2) is 0 Å². The molecule has 0 spiro atoms. The lowest BCUT2D eigenvalue weighted by molar-refractivity contribution is -0.106. The lowest BCUT2D eigenvalue weighted by Crippen LogP contribution is -2.36. The fourth-order valence-corrected chi connectivity index (χ4v) is 3.52. The average molecular weight is 535 g/mol. The van der Waals surface area contributed by atoms with Crippen molar-refractivity contribution in [3.8, 4) is 0 Å². The molecule has 0 radical (unpaired) electrons. The topological polar surface area (TPSA) is 61.6 Å². The van der Waals surface area contributed by atoms with Crippen LogP contribution in [0.4, 0.5) is 0 Å². The molecule has 37 heavy (non-hydrogen) atoms. The second-order valence-electron chi connectivity index (χ2n) is 11.5. The lowest BCUT2D eigenvalue weighted by atomic mass is 10.1. The Morgan fingerprint density at radius 2 is 0.946 bits per heavy atom. The Hall–Kier alpha value is -0.490. The molecule has 5 heteroatoms. The Kier molecular flexibility index (Phi) is 50.3. The van der Waals surface area contributed by atoms with E-state index in [0.29, 0.717) is 36.3 Å². The van der Waals surface area contributed by atoms with Gasteiger partial charge in [0.05, 0.1) is 0 Å². The molecule has 0 atom stereocenters. The molecule has 0 amide bonds. The molecular weight excluding hydrogens is 456 g/mol. The smallest absolute Gasteiger partial charge is 0.116 e. The molecule has 0 saturated heterocycles. The molecule has 3 N–H and O–H groups in total. The van der Waals surface area contributed by atoms with Gasteiger partial charge < -0.3 is 20.7 Å². The van der Waals surface area contributed by atoms with Crippen LogP contribution in [0.15, 0.2) is 0 Å². The van der Waals surface area contributed by atoms with Gasteiger partial charge in [0, 0.05) is 30.2 Å². The number of hydrogen-bond donors (Lipinski definition) is 2. The fourth-order valence-electron chi connectivity index (χ4n) is 3.52. The molecule has 0 aliphatic heterocycles. The maximum Gasteiger partial charge on any atom is 0.116 e. The molecular formula is C32H78N4O. The molecule has 0 aliphatic carbocycles. The maximum absolute atomic E-state index is 8.81. The van der Waals surface area contributed by atoms with Crippen LogP contribution in [0.2, 0.25) is 0 Å². The molecule has 0 aliphatic rings. The zero-order valence-electron chi connectivity index (χ0n) is 29.5. The highest BCUT2D eigenvalue weighted by atomic mass is 16.1. The first kappa shape index (κ1) is 49.5. The van der Waals surface area contributed by atoms with Crippen molar-refractivity contribution in [3.05, 3.63) is 0 Å². The minimum Gasteiger partial charge on any atom is -0.328 e. The van der Waals surface area contributed by atoms with Crippen LogP contribution in [0.25, 0.3) is 0 Å². The van der Waals surface area contributed by atoms with Crippen molar-refractivity contribution in [3.63, 3.8) is 0 Å². The quantitative estimate of drug-likeness (QED) is 0.276. The zero-order valence-corrected chi connectivity index (χ0v) is 29.5. The average Bonchev–Trinajstić information content (AvgIpc) is 2.69. The van der Waals surface area contributed by atoms with E-state index < -0.39 is 0 Å². The summed E-state index contributed by atoms with van der Waals surface area (Å²) in [5.74, 6) is 0.898. The molecule has 0 aromatic heterocycles. The molecule has 0 heterocycles. The first-order chi connectivity index (χ1) is 16.9. The van der Waals surface area contributed by atoms with Gasteiger partial charge in [0.1, 0.15) is 6.29 Å². The van der Waals surface area contributed by atoms with Crippen molar-refractivity contribution >= 4 is 6.29 Å². The number of nitrogens with zero attached hydrogens (tertiary/aromatic N) is 2. The molecule has 0 aromatic rings. The molecule has 0 fully saturated rings. The van der Waals surface area contributed by atoms with Crippen LogP contribution in [0.1, 0.15) is 144 Å². The highest BCUT2D eigenvalue weighted by Crippen LogP contribution is 2.02. The largest absolute Gasteiger partial charge is 0.328 e. The number of rotatable bonds is 10. The summed E-state index contributed by atoms with van der Waals surface area (Å²) in [6.07, 6.45) is 3.46. The number of nitrogens with two attached hydrogens (primary N) is 1. The van der Waals surface area contributed by atoms with Gasteiger partial charge >= 0.3 is 0 Å². The van der Waals surface area contributed by atoms with Gasteiger partial charge in [-0.05, 0) is 80.1 Å². The summed E-state index contributed by atoms with van der Waals surface area (Å²) in [7, 11) is 0. The summed E-state index contributed by atoms with van der Waals surface area (Å²) in [5, 5.41) is 3.31. The maximum atomic E-state index is 8.81. The number of aldehydes is 1. The van der Waals surface area contributed by atoms with E-state index in [-0.39, 0.29) is 0 Å². The van der Waals surface area contributed by atoms with E-state index in [4.69, 9.17) is 10.5 Å². The van der Waals surface area contributed by atoms with Crippen LogP contribution in [0, 0.1) is 5.92 Å². The summed E-state index contributed by atoms with van der Waals surface area (Å²) < 4.78 is 0. The predicted octanol–water partition coefficient (Wildman–Crippen LogP) is 8.26. The van der Waals surface area contributed by atoms with Crippen LogP contribution in [-0.2, 0) is 4.79 Å². The van der Waals surface area contributed by atoms with Gasteiger partial charge in [-0.2, -0.15) is 0 Å². The van der Waals surface area contributed by atoms with E-state index in [2.05, 4.69) is 126 Å². The van der Waals surface area contributed by atoms with E-state index in [1.54, 1.807) is 0 Å². The third kappa shape index (κ3) is 66.4. The Morgan fingerprint density at radius 1 is 0.649 bits per heavy atom. The SMILES string of the molecule is CC(C)N.CC(C)NC(C)C.CC=O.CCCC(C)C.CCN(C(C)C)C(C)C.CCN(CC)C(C)C. The van der Waals surface area contributed by atoms with Crippen molar-refractivity contribution in [2.75, 3.05) is 19.6 Å². The van der Waals surface area contributed by atoms with Crippen LogP contribution >= 0.6 is 0 Å². The van der Waals surface area contributed by atoms with Crippen molar-refractivity contribution < 1.29 is 4.79 Å². The Morgan fingerprint density at radius 3 is 0.946 bits per heavy atom. The second kappa shape index (κ2) is 37.7. The normalized spacial score (nSPS) is 10.4. The molecule has 0 unspecified atom stereocenters. The minimum absolute atomic E-state index is 0.333. The molecule has 5 nitrogen and oxygen atoms in total. The van der Waals surface area contributed by atoms with E-state index in [0.717, 1.165) is 18.7 Å². The molecule has 232 valence electrons. The lowest BCUT2D eigenvalue weighted by Gasteiger charge is -2.28. The Labute approximate surface area is 238 Å². The summed E-state index contributed by atoms with van der Waals surface area (Å²) >= 11 is 0. The first-order valence-electron chi connectivity index (χ1n) is 15.3. The van der Waals surface area contributed by atoms with Crippen molar-refractivity contribution in [1.82, 2.24) is 15.1 Å². The molecule has 0 rings (SSSR count). The van der Waals surface area contributed by atoms with Gasteiger partial charge in [0.2, 0.25) is 0 Å². The van der Waals surface area contributed by atoms with Gasteiger partial charge in [0.25, 0.3) is 0 Å². The minimum atomic E-state index is 0.333. The van der Waals surface area contributed by atoms with Crippen molar-refractivity contribution in [1.29, 1.82) is 0 Å². The summed E-state index contributed by atoms with van der Waals surface area (Å²) in [5.41, 5.74) is 5.11. The van der Waals surface area contributed by atoms with Crippen LogP contribution in [0.3, 0.4) is 0 Å². The first-order valence-corrected chi connectivity index (χ1v) is 15.3. The molecule has 0 aromatic carbocycles. The third-order valence-corrected chi connectivity index (χ3v) is 4.77. The zero-order chi connectivity index (χ0) is 31.1. The number of carbonyl (C=O) groups is 1. The van der Waals surface area contributed by atoms with Gasteiger partial charge in [-0.15, -0.1) is 0 Å². The Balaban J connectivity index is -0.0000000805. The summed E-state index contributed by atoms with van der Waals surface area (Å²) in [4.78, 5) is 13.7. The van der Waals surface area contributed by atoms with Crippen LogP contribution in [-0.4, -0.2) is 72.0 Å². The van der Waals surface area contributed by atoms with E-state index in [1.165, 1.54) is 32.9 Å². The van der Waals surface area contributed by atoms with E-state index >= 15 is 0 Å². The summed E-state index contributed by atoms with van der Waals surface area (Å²) in [6.45, 7) is 44.2. The number of nitrogens with one attached hydrogen (secondary N) is 1. The van der Waals surface area contributed by atoms with Crippen molar-refractivity contribution in [2.24, 2.45) is 11.7 Å². The number of hydrogen-bond acceptors (Lipinski definition) is 5. The van der Waals surface area contributed by atoms with Gasteiger partial charge in [0.15, 0.2) is 0 Å². The summed E-state index contributed by atoms with van der Waals surface area (Å²) in [6, 6.07) is 3.68.